The minimum atomic E-state index is -3.40. The monoisotopic (exact) mass is 242 g/mol. The number of nitrogen functional groups attached to an aromatic ring is 1. The summed E-state index contributed by atoms with van der Waals surface area (Å²) in [5.41, 5.74) is 6.80. The predicted molar refractivity (Wildman–Crippen MR) is 60.8 cm³/mol. The first-order valence-corrected chi connectivity index (χ1v) is 6.67. The smallest absolute Gasteiger partial charge is 0.240 e. The molecular weight excluding hydrogens is 228 g/mol. The lowest BCUT2D eigenvalue weighted by Crippen LogP contribution is -2.28. The third-order valence-electron chi connectivity index (χ3n) is 2.42. The maximum absolute atomic E-state index is 11.9. The summed E-state index contributed by atoms with van der Waals surface area (Å²) in [4.78, 5) is 5.03. The minimum Gasteiger partial charge on any atom is -0.398 e. The first-order chi connectivity index (χ1) is 7.59. The maximum Gasteiger partial charge on any atom is 0.240 e. The van der Waals surface area contributed by atoms with Crippen LogP contribution in [-0.2, 0) is 20.6 Å². The van der Waals surface area contributed by atoms with Crippen molar-refractivity contribution in [2.45, 2.75) is 12.2 Å². The zero-order valence-corrected chi connectivity index (χ0v) is 9.61. The molecule has 0 saturated carbocycles. The van der Waals surface area contributed by atoms with Gasteiger partial charge in [-0.05, 0) is 18.1 Å². The Kier molecular flexibility index (Phi) is 3.13. The minimum absolute atomic E-state index is 0.111. The van der Waals surface area contributed by atoms with Gasteiger partial charge in [0, 0.05) is 12.2 Å². The van der Waals surface area contributed by atoms with Gasteiger partial charge >= 0.3 is 0 Å². The zero-order chi connectivity index (χ0) is 11.6. The molecule has 1 saturated heterocycles. The molecule has 88 valence electrons. The van der Waals surface area contributed by atoms with E-state index in [-0.39, 0.29) is 5.75 Å². The lowest BCUT2D eigenvalue weighted by molar-refractivity contribution is -0.0286. The standard InChI is InChI=1S/C10H14N2O3S/c11-10-5-2-1-4-9(10)8-16(13,14)12-6-3-7-15-12/h1-2,4-5H,3,6-8,11H2. The first kappa shape index (κ1) is 11.4. The van der Waals surface area contributed by atoms with Crippen molar-refractivity contribution < 1.29 is 13.3 Å². The Balaban J connectivity index is 2.18. The molecule has 0 spiro atoms. The number of para-hydroxylation sites is 1. The second-order valence-corrected chi connectivity index (χ2v) is 5.53. The van der Waals surface area contributed by atoms with Gasteiger partial charge in [0.1, 0.15) is 0 Å². The van der Waals surface area contributed by atoms with E-state index in [4.69, 9.17) is 10.6 Å². The van der Waals surface area contributed by atoms with E-state index in [0.29, 0.717) is 24.4 Å². The number of benzene rings is 1. The highest BCUT2D eigenvalue weighted by Gasteiger charge is 2.27. The quantitative estimate of drug-likeness (QED) is 0.793. The SMILES string of the molecule is Nc1ccccc1CS(=O)(=O)N1CCCO1. The molecule has 1 aromatic rings. The molecular formula is C10H14N2O3S. The van der Waals surface area contributed by atoms with Gasteiger partial charge in [0.15, 0.2) is 0 Å². The third kappa shape index (κ3) is 2.34. The van der Waals surface area contributed by atoms with Gasteiger partial charge in [0.2, 0.25) is 10.0 Å². The molecule has 2 rings (SSSR count). The van der Waals surface area contributed by atoms with E-state index in [1.807, 2.05) is 0 Å². The van der Waals surface area contributed by atoms with Gasteiger partial charge < -0.3 is 5.73 Å². The number of hydrogen-bond acceptors (Lipinski definition) is 4. The van der Waals surface area contributed by atoms with Crippen molar-refractivity contribution in [1.82, 2.24) is 4.47 Å². The van der Waals surface area contributed by atoms with Crippen molar-refractivity contribution in [2.24, 2.45) is 0 Å². The summed E-state index contributed by atoms with van der Waals surface area (Å²) in [6.45, 7) is 0.887. The van der Waals surface area contributed by atoms with Gasteiger partial charge in [0.05, 0.1) is 12.4 Å². The van der Waals surface area contributed by atoms with Crippen LogP contribution >= 0.6 is 0 Å². The van der Waals surface area contributed by atoms with Crippen molar-refractivity contribution in [3.05, 3.63) is 29.8 Å². The Morgan fingerprint density at radius 2 is 2.12 bits per heavy atom. The van der Waals surface area contributed by atoms with E-state index in [9.17, 15) is 8.42 Å². The van der Waals surface area contributed by atoms with Crippen LogP contribution in [0.1, 0.15) is 12.0 Å². The summed E-state index contributed by atoms with van der Waals surface area (Å²) < 4.78 is 24.9. The lowest BCUT2D eigenvalue weighted by atomic mass is 10.2. The van der Waals surface area contributed by atoms with Gasteiger partial charge in [-0.1, -0.05) is 22.7 Å². The van der Waals surface area contributed by atoms with Crippen molar-refractivity contribution >= 4 is 15.7 Å². The number of nitrogens with two attached hydrogens (primary N) is 1. The Bertz CT molecular complexity index is 467. The molecule has 0 aliphatic carbocycles. The lowest BCUT2D eigenvalue weighted by Gasteiger charge is -2.14. The summed E-state index contributed by atoms with van der Waals surface area (Å²) in [6, 6.07) is 6.95. The second kappa shape index (κ2) is 4.40. The highest BCUT2D eigenvalue weighted by Crippen LogP contribution is 2.19. The third-order valence-corrected chi connectivity index (χ3v) is 4.01. The largest absolute Gasteiger partial charge is 0.398 e. The van der Waals surface area contributed by atoms with Crippen molar-refractivity contribution in [1.29, 1.82) is 0 Å². The average molecular weight is 242 g/mol. The Morgan fingerprint density at radius 1 is 1.38 bits per heavy atom. The van der Waals surface area contributed by atoms with Crippen LogP contribution in [0.25, 0.3) is 0 Å². The number of rotatable bonds is 3. The highest BCUT2D eigenvalue weighted by molar-refractivity contribution is 7.88. The summed E-state index contributed by atoms with van der Waals surface area (Å²) in [6.07, 6.45) is 0.740. The molecule has 0 unspecified atom stereocenters. The van der Waals surface area contributed by atoms with E-state index < -0.39 is 10.0 Å². The molecule has 1 aliphatic rings. The first-order valence-electron chi connectivity index (χ1n) is 5.06. The Labute approximate surface area is 94.8 Å². The number of anilines is 1. The summed E-state index contributed by atoms with van der Waals surface area (Å²) in [7, 11) is -3.40. The van der Waals surface area contributed by atoms with Gasteiger partial charge in [-0.25, -0.2) is 8.42 Å². The van der Waals surface area contributed by atoms with E-state index in [1.54, 1.807) is 24.3 Å². The fourth-order valence-electron chi connectivity index (χ4n) is 1.58. The molecule has 0 aromatic heterocycles. The molecule has 0 atom stereocenters. The fourth-order valence-corrected chi connectivity index (χ4v) is 3.02. The Morgan fingerprint density at radius 3 is 2.75 bits per heavy atom. The molecule has 16 heavy (non-hydrogen) atoms. The van der Waals surface area contributed by atoms with Gasteiger partial charge in [-0.2, -0.15) is 0 Å². The highest BCUT2D eigenvalue weighted by atomic mass is 32.2. The van der Waals surface area contributed by atoms with Crippen LogP contribution in [0.15, 0.2) is 24.3 Å². The molecule has 0 amide bonds. The molecule has 1 aromatic carbocycles. The number of hydroxylamine groups is 1. The van der Waals surface area contributed by atoms with E-state index >= 15 is 0 Å². The number of hydrogen-bond donors (Lipinski definition) is 1. The number of nitrogens with zero attached hydrogens (tertiary/aromatic N) is 1. The van der Waals surface area contributed by atoms with E-state index in [0.717, 1.165) is 10.9 Å². The van der Waals surface area contributed by atoms with Gasteiger partial charge in [-0.15, -0.1) is 0 Å². The number of sulfonamides is 1. The molecule has 1 aliphatic heterocycles. The van der Waals surface area contributed by atoms with Gasteiger partial charge in [-0.3, -0.25) is 4.84 Å². The molecule has 0 radical (unpaired) electrons. The van der Waals surface area contributed by atoms with Crippen LogP contribution in [-0.4, -0.2) is 26.0 Å². The predicted octanol–water partition coefficient (Wildman–Crippen LogP) is 0.736. The molecule has 1 heterocycles. The Hall–Kier alpha value is -1.11. The fraction of sp³-hybridized carbons (Fsp3) is 0.400. The van der Waals surface area contributed by atoms with Crippen LogP contribution in [0.2, 0.25) is 0 Å². The van der Waals surface area contributed by atoms with E-state index in [1.165, 1.54) is 0 Å². The van der Waals surface area contributed by atoms with Crippen LogP contribution in [0.4, 0.5) is 5.69 Å². The average Bonchev–Trinajstić information content (AvgIpc) is 2.75. The molecule has 6 heteroatoms. The molecule has 2 N–H and O–H groups in total. The topological polar surface area (TPSA) is 72.6 Å². The van der Waals surface area contributed by atoms with Crippen LogP contribution in [0.3, 0.4) is 0 Å². The molecule has 0 bridgehead atoms. The van der Waals surface area contributed by atoms with Gasteiger partial charge in [0.25, 0.3) is 0 Å². The van der Waals surface area contributed by atoms with Crippen molar-refractivity contribution in [2.75, 3.05) is 18.9 Å². The second-order valence-electron chi connectivity index (χ2n) is 3.67. The molecule has 1 fully saturated rings. The molecule has 5 nitrogen and oxygen atoms in total. The van der Waals surface area contributed by atoms with Crippen LogP contribution in [0.5, 0.6) is 0 Å². The van der Waals surface area contributed by atoms with E-state index in [2.05, 4.69) is 0 Å². The summed E-state index contributed by atoms with van der Waals surface area (Å²) in [5, 5.41) is 0. The summed E-state index contributed by atoms with van der Waals surface area (Å²) >= 11 is 0. The maximum atomic E-state index is 11.9. The van der Waals surface area contributed by atoms with Crippen molar-refractivity contribution in [3.8, 4) is 0 Å². The van der Waals surface area contributed by atoms with Crippen molar-refractivity contribution in [3.63, 3.8) is 0 Å². The van der Waals surface area contributed by atoms with Crippen LogP contribution < -0.4 is 5.73 Å². The normalized spacial score (nSPS) is 17.8. The zero-order valence-electron chi connectivity index (χ0n) is 8.80. The summed E-state index contributed by atoms with van der Waals surface area (Å²) in [5.74, 6) is -0.111. The van der Waals surface area contributed by atoms with Crippen LogP contribution in [0, 0.1) is 0 Å².